The Hall–Kier alpha value is -1.90. The fraction of sp³-hybridized carbons (Fsp3) is 0.0909. The van der Waals surface area contributed by atoms with Crippen LogP contribution < -0.4 is 4.74 Å². The van der Waals surface area contributed by atoms with Crippen molar-refractivity contribution in [2.24, 2.45) is 0 Å². The van der Waals surface area contributed by atoms with Gasteiger partial charge in [0.2, 0.25) is 0 Å². The van der Waals surface area contributed by atoms with Crippen molar-refractivity contribution in [2.45, 2.75) is 6.61 Å². The maximum absolute atomic E-state index is 5.41. The van der Waals surface area contributed by atoms with E-state index in [0.29, 0.717) is 12.4 Å². The zero-order valence-corrected chi connectivity index (χ0v) is 7.55. The monoisotopic (exact) mass is 185 g/mol. The summed E-state index contributed by atoms with van der Waals surface area (Å²) < 4.78 is 5.41. The van der Waals surface area contributed by atoms with Crippen LogP contribution in [0.4, 0.5) is 0 Å². The van der Waals surface area contributed by atoms with E-state index in [1.165, 1.54) is 0 Å². The molecule has 2 aromatic rings. The fourth-order valence-electron chi connectivity index (χ4n) is 1.03. The van der Waals surface area contributed by atoms with E-state index in [1.807, 2.05) is 30.3 Å². The van der Waals surface area contributed by atoms with Gasteiger partial charge in [-0.3, -0.25) is 9.97 Å². The second kappa shape index (κ2) is 4.37. The van der Waals surface area contributed by atoms with Crippen molar-refractivity contribution in [1.82, 2.24) is 9.97 Å². The molecule has 2 rings (SSSR count). The van der Waals surface area contributed by atoms with E-state index in [4.69, 9.17) is 4.74 Å². The average Bonchev–Trinajstić information content (AvgIpc) is 2.29. The van der Waals surface area contributed by atoms with Gasteiger partial charge < -0.3 is 4.74 Å². The normalized spacial score (nSPS) is 9.71. The summed E-state index contributed by atoms with van der Waals surface area (Å²) in [7, 11) is 0. The molecule has 14 heavy (non-hydrogen) atoms. The van der Waals surface area contributed by atoms with Gasteiger partial charge in [-0.2, -0.15) is 0 Å². The summed E-state index contributed by atoms with van der Waals surface area (Å²) in [4.78, 5) is 7.96. The lowest BCUT2D eigenvalue weighted by molar-refractivity contribution is 0.299. The molecule has 0 atom stereocenters. The highest BCUT2D eigenvalue weighted by Crippen LogP contribution is 2.07. The van der Waals surface area contributed by atoms with E-state index in [-0.39, 0.29) is 0 Å². The van der Waals surface area contributed by atoms with E-state index in [9.17, 15) is 0 Å². The molecule has 0 fully saturated rings. The van der Waals surface area contributed by atoms with Crippen molar-refractivity contribution >= 4 is 0 Å². The summed E-state index contributed by atoms with van der Waals surface area (Å²) in [5, 5.41) is 0. The Morgan fingerprint density at radius 2 is 2.14 bits per heavy atom. The first-order valence-electron chi connectivity index (χ1n) is 4.30. The molecule has 0 spiro atoms. The lowest BCUT2D eigenvalue weighted by Crippen LogP contribution is -1.97. The van der Waals surface area contributed by atoms with Crippen LogP contribution in [0.5, 0.6) is 5.75 Å². The highest BCUT2D eigenvalue weighted by Gasteiger charge is 1.95. The summed E-state index contributed by atoms with van der Waals surface area (Å²) >= 11 is 0. The summed E-state index contributed by atoms with van der Waals surface area (Å²) in [6.45, 7) is 0.447. The molecule has 2 heterocycles. The Labute approximate surface area is 82.4 Å². The topological polar surface area (TPSA) is 35.0 Å². The van der Waals surface area contributed by atoms with E-state index in [2.05, 4.69) is 16.2 Å². The van der Waals surface area contributed by atoms with Gasteiger partial charge in [0, 0.05) is 12.4 Å². The first-order valence-corrected chi connectivity index (χ1v) is 4.30. The molecule has 0 N–H and O–H groups in total. The van der Waals surface area contributed by atoms with E-state index < -0.39 is 0 Å². The fourth-order valence-corrected chi connectivity index (χ4v) is 1.03. The zero-order valence-electron chi connectivity index (χ0n) is 7.55. The van der Waals surface area contributed by atoms with Gasteiger partial charge in [0.05, 0.1) is 5.69 Å². The Bertz CT molecular complexity index is 336. The molecule has 2 aromatic heterocycles. The molecule has 0 aliphatic heterocycles. The third-order valence-electron chi connectivity index (χ3n) is 1.68. The van der Waals surface area contributed by atoms with Crippen LogP contribution in [0.2, 0.25) is 0 Å². The minimum absolute atomic E-state index is 0.447. The van der Waals surface area contributed by atoms with Crippen molar-refractivity contribution in [3.05, 3.63) is 54.6 Å². The molecule has 0 aliphatic rings. The second-order valence-corrected chi connectivity index (χ2v) is 2.72. The largest absolute Gasteiger partial charge is 0.485 e. The van der Waals surface area contributed by atoms with E-state index in [0.717, 1.165) is 5.69 Å². The molecule has 3 nitrogen and oxygen atoms in total. The summed E-state index contributed by atoms with van der Waals surface area (Å²) in [6.07, 6.45) is 6.14. The quantitative estimate of drug-likeness (QED) is 0.732. The molecule has 0 amide bonds. The van der Waals surface area contributed by atoms with Crippen LogP contribution in [0.1, 0.15) is 5.69 Å². The molecule has 69 valence electrons. The lowest BCUT2D eigenvalue weighted by Gasteiger charge is -2.03. The number of ether oxygens (including phenoxy) is 1. The molecular weight excluding hydrogens is 176 g/mol. The number of aromatic nitrogens is 2. The van der Waals surface area contributed by atoms with Gasteiger partial charge in [-0.25, -0.2) is 0 Å². The van der Waals surface area contributed by atoms with Crippen molar-refractivity contribution < 1.29 is 4.74 Å². The Morgan fingerprint density at radius 1 is 1.14 bits per heavy atom. The SMILES string of the molecule is [c]1ncccc1OCc1ccccn1. The predicted octanol–water partition coefficient (Wildman–Crippen LogP) is 1.86. The van der Waals surface area contributed by atoms with Crippen molar-refractivity contribution in [3.63, 3.8) is 0 Å². The minimum atomic E-state index is 0.447. The molecule has 0 bridgehead atoms. The highest BCUT2D eigenvalue weighted by molar-refractivity contribution is 5.14. The van der Waals surface area contributed by atoms with Crippen LogP contribution in [0.15, 0.2) is 42.7 Å². The number of hydrogen-bond donors (Lipinski definition) is 0. The Balaban J connectivity index is 1.96. The average molecular weight is 185 g/mol. The maximum atomic E-state index is 5.41. The third-order valence-corrected chi connectivity index (χ3v) is 1.68. The smallest absolute Gasteiger partial charge is 0.147 e. The van der Waals surface area contributed by atoms with Gasteiger partial charge >= 0.3 is 0 Å². The Kier molecular flexibility index (Phi) is 2.71. The third kappa shape index (κ3) is 2.29. The van der Waals surface area contributed by atoms with E-state index in [1.54, 1.807) is 12.4 Å². The molecular formula is C11H9N2O. The van der Waals surface area contributed by atoms with Crippen molar-refractivity contribution in [3.8, 4) is 5.75 Å². The maximum Gasteiger partial charge on any atom is 0.147 e. The predicted molar refractivity (Wildman–Crippen MR) is 51.6 cm³/mol. The molecule has 0 aliphatic carbocycles. The Morgan fingerprint density at radius 3 is 2.86 bits per heavy atom. The standard InChI is InChI=1S/C11H9N2O/c1-2-7-13-10(4-1)9-14-11-5-3-6-12-8-11/h1-7H,9H2. The van der Waals surface area contributed by atoms with Gasteiger partial charge in [0.1, 0.15) is 18.6 Å². The molecule has 0 unspecified atom stereocenters. The first-order chi connectivity index (χ1) is 6.95. The first kappa shape index (κ1) is 8.69. The van der Waals surface area contributed by atoms with Crippen LogP contribution in [-0.2, 0) is 6.61 Å². The summed E-state index contributed by atoms with van der Waals surface area (Å²) in [5.74, 6) is 0.637. The zero-order chi connectivity index (χ0) is 9.64. The van der Waals surface area contributed by atoms with Crippen LogP contribution in [0, 0.1) is 6.20 Å². The van der Waals surface area contributed by atoms with Crippen LogP contribution >= 0.6 is 0 Å². The highest BCUT2D eigenvalue weighted by atomic mass is 16.5. The minimum Gasteiger partial charge on any atom is -0.485 e. The molecule has 1 radical (unpaired) electrons. The number of rotatable bonds is 3. The molecule has 0 saturated carbocycles. The van der Waals surface area contributed by atoms with Crippen LogP contribution in [0.3, 0.4) is 0 Å². The molecule has 3 heteroatoms. The lowest BCUT2D eigenvalue weighted by atomic mass is 10.4. The number of nitrogens with zero attached hydrogens (tertiary/aromatic N) is 2. The van der Waals surface area contributed by atoms with Gasteiger partial charge in [-0.1, -0.05) is 6.07 Å². The van der Waals surface area contributed by atoms with Gasteiger partial charge in [0.25, 0.3) is 0 Å². The van der Waals surface area contributed by atoms with Gasteiger partial charge in [-0.15, -0.1) is 0 Å². The second-order valence-electron chi connectivity index (χ2n) is 2.72. The van der Waals surface area contributed by atoms with Crippen LogP contribution in [-0.4, -0.2) is 9.97 Å². The van der Waals surface area contributed by atoms with Gasteiger partial charge in [0.15, 0.2) is 0 Å². The van der Waals surface area contributed by atoms with Crippen LogP contribution in [0.25, 0.3) is 0 Å². The van der Waals surface area contributed by atoms with Crippen molar-refractivity contribution in [2.75, 3.05) is 0 Å². The number of hydrogen-bond acceptors (Lipinski definition) is 3. The van der Waals surface area contributed by atoms with Crippen molar-refractivity contribution in [1.29, 1.82) is 0 Å². The molecule has 0 saturated heterocycles. The summed E-state index contributed by atoms with van der Waals surface area (Å²) in [6, 6.07) is 9.34. The number of pyridine rings is 2. The van der Waals surface area contributed by atoms with E-state index >= 15 is 0 Å². The summed E-state index contributed by atoms with van der Waals surface area (Å²) in [5.41, 5.74) is 0.893. The molecule has 0 aromatic carbocycles. The van der Waals surface area contributed by atoms with Gasteiger partial charge in [-0.05, 0) is 24.3 Å².